The summed E-state index contributed by atoms with van der Waals surface area (Å²) in [5.74, 6) is -1.38. The van der Waals surface area contributed by atoms with Crippen molar-refractivity contribution in [1.82, 2.24) is 14.9 Å². The second-order valence-electron chi connectivity index (χ2n) is 9.96. The van der Waals surface area contributed by atoms with Crippen LogP contribution >= 0.6 is 23.2 Å². The highest BCUT2D eigenvalue weighted by atomic mass is 35.5. The summed E-state index contributed by atoms with van der Waals surface area (Å²) < 4.78 is 43.7. The maximum absolute atomic E-state index is 16.3. The van der Waals surface area contributed by atoms with Crippen molar-refractivity contribution < 1.29 is 33.3 Å². The van der Waals surface area contributed by atoms with Crippen molar-refractivity contribution in [3.63, 3.8) is 0 Å². The van der Waals surface area contributed by atoms with Gasteiger partial charge < -0.3 is 19.7 Å². The number of hydrogen-bond acceptors (Lipinski definition) is 7. The van der Waals surface area contributed by atoms with Crippen molar-refractivity contribution in [3.05, 3.63) is 92.7 Å². The van der Waals surface area contributed by atoms with E-state index in [-0.39, 0.29) is 66.7 Å². The van der Waals surface area contributed by atoms with E-state index in [0.29, 0.717) is 10.6 Å². The topological polar surface area (TPSA) is 105 Å². The van der Waals surface area contributed by atoms with Gasteiger partial charge in [-0.25, -0.2) is 18.7 Å². The molecule has 1 aromatic heterocycles. The van der Waals surface area contributed by atoms with E-state index in [0.717, 1.165) is 6.07 Å². The second kappa shape index (κ2) is 10.9. The van der Waals surface area contributed by atoms with Gasteiger partial charge in [-0.1, -0.05) is 35.3 Å². The zero-order valence-electron chi connectivity index (χ0n) is 21.5. The molecule has 8 nitrogen and oxygen atoms in total. The highest BCUT2D eigenvalue weighted by Crippen LogP contribution is 2.50. The fourth-order valence-corrected chi connectivity index (χ4v) is 5.64. The number of benzene rings is 2. The molecule has 0 aliphatic carbocycles. The number of nitrogens with zero attached hydrogens (tertiary/aromatic N) is 3. The summed E-state index contributed by atoms with van der Waals surface area (Å²) in [6, 6.07) is 8.62. The maximum Gasteiger partial charge on any atom is 0.257 e. The summed E-state index contributed by atoms with van der Waals surface area (Å²) >= 11 is 12.1. The molecule has 2 atom stereocenters. The summed E-state index contributed by atoms with van der Waals surface area (Å²) in [6.45, 7) is 0.553. The number of aromatic nitrogens is 2. The number of hydrogen-bond donors (Lipinski definition) is 2. The standard InChI is InChI=1S/C28H27Cl2F2N3O5/c1-26(38,27(32)6-9-39-10-7-27)18-12-21-24(22(31)13-18)28(40-11-8-36,17-2-4-19(29)5-3-17)35(25(21)37)16-23-33-14-20(30)15-34-23/h2-5,12-15,36,38H,6-11,16H2,1H3/t26?,28-/m1/s1. The fraction of sp³-hybridized carbons (Fsp3) is 0.393. The summed E-state index contributed by atoms with van der Waals surface area (Å²) in [4.78, 5) is 23.7. The van der Waals surface area contributed by atoms with E-state index in [4.69, 9.17) is 32.7 Å². The van der Waals surface area contributed by atoms with Crippen molar-refractivity contribution >= 4 is 29.1 Å². The third-order valence-electron chi connectivity index (χ3n) is 7.62. The molecule has 0 spiro atoms. The zero-order valence-corrected chi connectivity index (χ0v) is 23.1. The number of alkyl halides is 1. The van der Waals surface area contributed by atoms with Gasteiger partial charge in [-0.3, -0.25) is 9.69 Å². The van der Waals surface area contributed by atoms with Gasteiger partial charge in [0.2, 0.25) is 0 Å². The van der Waals surface area contributed by atoms with Gasteiger partial charge in [-0.05, 0) is 36.8 Å². The molecule has 1 unspecified atom stereocenters. The molecule has 40 heavy (non-hydrogen) atoms. The lowest BCUT2D eigenvalue weighted by atomic mass is 9.75. The Morgan fingerprint density at radius 3 is 2.40 bits per heavy atom. The van der Waals surface area contributed by atoms with E-state index in [1.807, 2.05) is 0 Å². The quantitative estimate of drug-likeness (QED) is 0.396. The Labute approximate surface area is 239 Å². The average molecular weight is 594 g/mol. The fourth-order valence-electron chi connectivity index (χ4n) is 5.41. The van der Waals surface area contributed by atoms with Crippen LogP contribution in [0.1, 0.15) is 52.6 Å². The van der Waals surface area contributed by atoms with E-state index < -0.39 is 35.3 Å². The van der Waals surface area contributed by atoms with Gasteiger partial charge in [0.1, 0.15) is 22.9 Å². The SMILES string of the molecule is CC(O)(c1cc(F)c2c(c1)C(=O)N(Cc1ncc(Cl)cn1)[C@@]2(OCCO)c1ccc(Cl)cc1)C1(F)CCOCC1. The molecule has 1 saturated heterocycles. The normalized spacial score (nSPS) is 21.8. The van der Waals surface area contributed by atoms with Crippen LogP contribution in [0, 0.1) is 5.82 Å². The monoisotopic (exact) mass is 593 g/mol. The van der Waals surface area contributed by atoms with Crippen molar-refractivity contribution in [1.29, 1.82) is 0 Å². The van der Waals surface area contributed by atoms with Gasteiger partial charge in [-0.2, -0.15) is 0 Å². The van der Waals surface area contributed by atoms with Crippen LogP contribution in [0.15, 0.2) is 48.8 Å². The number of aliphatic hydroxyl groups is 2. The summed E-state index contributed by atoms with van der Waals surface area (Å²) in [5.41, 5.74) is -6.15. The Hall–Kier alpha value is -2.73. The minimum Gasteiger partial charge on any atom is -0.394 e. The van der Waals surface area contributed by atoms with Crippen molar-refractivity contribution in [3.8, 4) is 0 Å². The number of fused-ring (bicyclic) bond motifs is 1. The first kappa shape index (κ1) is 28.8. The molecule has 0 radical (unpaired) electrons. The lowest BCUT2D eigenvalue weighted by Gasteiger charge is -2.42. The van der Waals surface area contributed by atoms with Crippen LogP contribution in [0.4, 0.5) is 8.78 Å². The van der Waals surface area contributed by atoms with Crippen LogP contribution < -0.4 is 0 Å². The average Bonchev–Trinajstić information content (AvgIpc) is 3.17. The lowest BCUT2D eigenvalue weighted by molar-refractivity contribution is -0.143. The van der Waals surface area contributed by atoms with Gasteiger partial charge >= 0.3 is 0 Å². The van der Waals surface area contributed by atoms with E-state index in [9.17, 15) is 15.0 Å². The van der Waals surface area contributed by atoms with Crippen molar-refractivity contribution in [2.24, 2.45) is 0 Å². The second-order valence-corrected chi connectivity index (χ2v) is 10.8. The summed E-state index contributed by atoms with van der Waals surface area (Å²) in [6.07, 6.45) is 2.53. The predicted octanol–water partition coefficient (Wildman–Crippen LogP) is 4.51. The lowest BCUT2D eigenvalue weighted by Crippen LogP contribution is -2.50. The molecule has 0 saturated carbocycles. The molecule has 3 aromatic rings. The van der Waals surface area contributed by atoms with Gasteiger partial charge in [0.05, 0.1) is 35.9 Å². The molecule has 5 rings (SSSR count). The van der Waals surface area contributed by atoms with Gasteiger partial charge in [0, 0.05) is 49.0 Å². The number of carbonyl (C=O) groups is 1. The van der Waals surface area contributed by atoms with Crippen LogP contribution in [0.25, 0.3) is 0 Å². The molecule has 2 aromatic carbocycles. The number of carbonyl (C=O) groups excluding carboxylic acids is 1. The molecular weight excluding hydrogens is 567 g/mol. The predicted molar refractivity (Wildman–Crippen MR) is 142 cm³/mol. The summed E-state index contributed by atoms with van der Waals surface area (Å²) in [7, 11) is 0. The van der Waals surface area contributed by atoms with E-state index in [1.54, 1.807) is 24.3 Å². The van der Waals surface area contributed by atoms with Crippen LogP contribution in [0.3, 0.4) is 0 Å². The number of halogens is 4. The van der Waals surface area contributed by atoms with Gasteiger partial charge in [0.15, 0.2) is 5.72 Å². The molecular formula is C28H27Cl2F2N3O5. The van der Waals surface area contributed by atoms with E-state index in [2.05, 4.69) is 9.97 Å². The van der Waals surface area contributed by atoms with E-state index in [1.165, 1.54) is 30.3 Å². The molecule has 2 N–H and O–H groups in total. The molecule has 12 heteroatoms. The Kier molecular flexibility index (Phi) is 7.86. The molecule has 1 fully saturated rings. The number of amides is 1. The van der Waals surface area contributed by atoms with Crippen LogP contribution in [0.5, 0.6) is 0 Å². The Morgan fingerprint density at radius 1 is 1.12 bits per heavy atom. The van der Waals surface area contributed by atoms with Crippen LogP contribution in [0.2, 0.25) is 10.0 Å². The first-order chi connectivity index (χ1) is 19.0. The highest BCUT2D eigenvalue weighted by molar-refractivity contribution is 6.30. The smallest absolute Gasteiger partial charge is 0.257 e. The number of rotatable bonds is 8. The van der Waals surface area contributed by atoms with Gasteiger partial charge in [0.25, 0.3) is 5.91 Å². The van der Waals surface area contributed by atoms with Gasteiger partial charge in [-0.15, -0.1) is 0 Å². The van der Waals surface area contributed by atoms with Crippen molar-refractivity contribution in [2.45, 2.75) is 43.3 Å². The number of aliphatic hydroxyl groups excluding tert-OH is 1. The number of ether oxygens (including phenoxy) is 2. The minimum atomic E-state index is -2.13. The summed E-state index contributed by atoms with van der Waals surface area (Å²) in [5, 5.41) is 21.8. The third kappa shape index (κ3) is 4.76. The Bertz CT molecular complexity index is 1400. The Balaban J connectivity index is 1.72. The zero-order chi connectivity index (χ0) is 28.7. The van der Waals surface area contributed by atoms with Crippen molar-refractivity contribution in [2.75, 3.05) is 26.4 Å². The highest BCUT2D eigenvalue weighted by Gasteiger charge is 2.56. The molecule has 2 aliphatic rings. The first-order valence-electron chi connectivity index (χ1n) is 12.7. The third-order valence-corrected chi connectivity index (χ3v) is 8.06. The molecule has 3 heterocycles. The maximum atomic E-state index is 16.3. The molecule has 1 amide bonds. The van der Waals surface area contributed by atoms with E-state index >= 15 is 8.78 Å². The molecule has 0 bridgehead atoms. The first-order valence-corrected chi connectivity index (χ1v) is 13.4. The molecule has 2 aliphatic heterocycles. The largest absolute Gasteiger partial charge is 0.394 e. The minimum absolute atomic E-state index is 0.0962. The van der Waals surface area contributed by atoms with Crippen LogP contribution in [-0.2, 0) is 27.3 Å². The Morgan fingerprint density at radius 2 is 1.77 bits per heavy atom. The molecule has 212 valence electrons. The van der Waals surface area contributed by atoms with Crippen LogP contribution in [-0.4, -0.2) is 63.1 Å².